The number of nitrogens with two attached hydrogens (primary N) is 1. The maximum absolute atomic E-state index is 12.2. The fourth-order valence-electron chi connectivity index (χ4n) is 2.60. The topological polar surface area (TPSA) is 113 Å². The summed E-state index contributed by atoms with van der Waals surface area (Å²) in [5, 5.41) is 12.4. The molecule has 0 radical (unpaired) electrons. The molecule has 2 amide bonds. The van der Waals surface area contributed by atoms with E-state index in [4.69, 9.17) is 5.73 Å². The van der Waals surface area contributed by atoms with Crippen LogP contribution in [0.3, 0.4) is 0 Å². The van der Waals surface area contributed by atoms with E-state index in [1.54, 1.807) is 0 Å². The molecule has 0 aliphatic rings. The molecule has 1 aromatic carbocycles. The van der Waals surface area contributed by atoms with Crippen LogP contribution in [-0.4, -0.2) is 41.5 Å². The van der Waals surface area contributed by atoms with Crippen molar-refractivity contribution in [1.29, 1.82) is 0 Å². The molecule has 0 saturated heterocycles. The largest absolute Gasteiger partial charge is 0.349 e. The highest BCUT2D eigenvalue weighted by Gasteiger charge is 2.21. The smallest absolute Gasteiger partial charge is 0.233 e. The molecule has 0 bridgehead atoms. The van der Waals surface area contributed by atoms with Crippen molar-refractivity contribution in [3.05, 3.63) is 35.4 Å². The zero-order valence-corrected chi connectivity index (χ0v) is 15.5. The highest BCUT2D eigenvalue weighted by Crippen LogP contribution is 2.15. The Morgan fingerprint density at radius 3 is 2.54 bits per heavy atom. The summed E-state index contributed by atoms with van der Waals surface area (Å²) in [6, 6.07) is 7.24. The van der Waals surface area contributed by atoms with Gasteiger partial charge < -0.3 is 11.1 Å². The number of carbonyl (C=O) groups excluding carboxylic acids is 3. The highest BCUT2D eigenvalue weighted by atomic mass is 16.5. The first-order valence-corrected chi connectivity index (χ1v) is 8.89. The molecule has 2 atom stereocenters. The average Bonchev–Trinajstić information content (AvgIpc) is 2.63. The van der Waals surface area contributed by atoms with Crippen LogP contribution < -0.4 is 11.1 Å². The second kappa shape index (κ2) is 11.4. The van der Waals surface area contributed by atoms with Gasteiger partial charge in [-0.25, -0.2) is 5.06 Å². The SMILES string of the molecule is CCCCC(CN(O)C=O)C(=O)NCC(=O)CC(N)c1ccc(C)cc1. The van der Waals surface area contributed by atoms with E-state index in [0.717, 1.165) is 24.0 Å². The van der Waals surface area contributed by atoms with Crippen LogP contribution in [0.2, 0.25) is 0 Å². The van der Waals surface area contributed by atoms with Crippen LogP contribution in [0.1, 0.15) is 49.8 Å². The quantitative estimate of drug-likeness (QED) is 0.297. The van der Waals surface area contributed by atoms with E-state index in [2.05, 4.69) is 5.32 Å². The molecule has 0 aliphatic heterocycles. The zero-order valence-electron chi connectivity index (χ0n) is 15.5. The van der Waals surface area contributed by atoms with Crippen molar-refractivity contribution in [1.82, 2.24) is 10.4 Å². The van der Waals surface area contributed by atoms with E-state index in [0.29, 0.717) is 11.5 Å². The number of nitrogens with zero attached hydrogens (tertiary/aromatic N) is 1. The second-order valence-corrected chi connectivity index (χ2v) is 6.54. The number of aryl methyl sites for hydroxylation is 1. The molecule has 2 unspecified atom stereocenters. The Bertz CT molecular complexity index is 589. The lowest BCUT2D eigenvalue weighted by atomic mass is 10.00. The van der Waals surface area contributed by atoms with Crippen LogP contribution in [-0.2, 0) is 14.4 Å². The molecule has 26 heavy (non-hydrogen) atoms. The van der Waals surface area contributed by atoms with Crippen LogP contribution in [0.5, 0.6) is 0 Å². The first-order chi connectivity index (χ1) is 12.4. The molecule has 7 nitrogen and oxygen atoms in total. The minimum atomic E-state index is -0.552. The van der Waals surface area contributed by atoms with Gasteiger partial charge in [-0.1, -0.05) is 49.6 Å². The molecule has 0 fully saturated rings. The molecule has 1 rings (SSSR count). The number of hydrogen-bond donors (Lipinski definition) is 3. The molecule has 7 heteroatoms. The van der Waals surface area contributed by atoms with E-state index < -0.39 is 12.0 Å². The predicted molar refractivity (Wildman–Crippen MR) is 98.3 cm³/mol. The third-order valence-corrected chi connectivity index (χ3v) is 4.22. The van der Waals surface area contributed by atoms with Gasteiger partial charge in [-0.05, 0) is 18.9 Å². The number of nitrogens with one attached hydrogen (secondary N) is 1. The van der Waals surface area contributed by atoms with Crippen molar-refractivity contribution in [3.63, 3.8) is 0 Å². The van der Waals surface area contributed by atoms with Crippen molar-refractivity contribution in [2.45, 2.75) is 45.6 Å². The lowest BCUT2D eigenvalue weighted by Crippen LogP contribution is -2.40. The van der Waals surface area contributed by atoms with Gasteiger partial charge in [-0.3, -0.25) is 19.6 Å². The number of hydroxylamine groups is 2. The number of carbonyl (C=O) groups is 3. The van der Waals surface area contributed by atoms with Crippen molar-refractivity contribution in [3.8, 4) is 0 Å². The Morgan fingerprint density at radius 2 is 1.96 bits per heavy atom. The zero-order chi connectivity index (χ0) is 19.5. The molecule has 0 spiro atoms. The van der Waals surface area contributed by atoms with Gasteiger partial charge >= 0.3 is 0 Å². The summed E-state index contributed by atoms with van der Waals surface area (Å²) in [5.74, 6) is -1.07. The summed E-state index contributed by atoms with van der Waals surface area (Å²) in [5.41, 5.74) is 8.04. The second-order valence-electron chi connectivity index (χ2n) is 6.54. The average molecular weight is 363 g/mol. The van der Waals surface area contributed by atoms with Crippen molar-refractivity contribution in [2.24, 2.45) is 11.7 Å². The first kappa shape index (κ1) is 21.8. The number of ketones is 1. The standard InChI is InChI=1S/C19H29N3O4/c1-3-4-5-16(12-22(26)13-23)19(25)21-11-17(24)10-18(20)15-8-6-14(2)7-9-15/h6-9,13,16,18,26H,3-5,10-12,20H2,1-2H3,(H,21,25). The maximum atomic E-state index is 12.2. The van der Waals surface area contributed by atoms with Crippen molar-refractivity contribution >= 4 is 18.1 Å². The summed E-state index contributed by atoms with van der Waals surface area (Å²) in [6.45, 7) is 3.75. The van der Waals surface area contributed by atoms with Gasteiger partial charge in [0.1, 0.15) is 0 Å². The summed E-state index contributed by atoms with van der Waals surface area (Å²) in [4.78, 5) is 34.9. The third-order valence-electron chi connectivity index (χ3n) is 4.22. The Hall–Kier alpha value is -2.25. The third kappa shape index (κ3) is 7.76. The molecule has 1 aromatic rings. The van der Waals surface area contributed by atoms with Crippen LogP contribution in [0.4, 0.5) is 0 Å². The van der Waals surface area contributed by atoms with Crippen LogP contribution in [0.15, 0.2) is 24.3 Å². The monoisotopic (exact) mass is 363 g/mol. The number of unbranched alkanes of at least 4 members (excludes halogenated alkanes) is 1. The van der Waals surface area contributed by atoms with Crippen LogP contribution in [0.25, 0.3) is 0 Å². The summed E-state index contributed by atoms with van der Waals surface area (Å²) < 4.78 is 0. The van der Waals surface area contributed by atoms with Gasteiger partial charge in [0.25, 0.3) is 0 Å². The predicted octanol–water partition coefficient (Wildman–Crippen LogP) is 1.72. The number of benzene rings is 1. The normalized spacial score (nSPS) is 12.9. The van der Waals surface area contributed by atoms with Gasteiger partial charge in [-0.2, -0.15) is 0 Å². The number of Topliss-reactive ketones (excluding diaryl/α,β-unsaturated/α-hetero) is 1. The number of hydrogen-bond acceptors (Lipinski definition) is 5. The fourth-order valence-corrected chi connectivity index (χ4v) is 2.60. The van der Waals surface area contributed by atoms with Crippen molar-refractivity contribution in [2.75, 3.05) is 13.1 Å². The van der Waals surface area contributed by atoms with E-state index in [-0.39, 0.29) is 37.6 Å². The molecule has 0 aliphatic carbocycles. The van der Waals surface area contributed by atoms with E-state index in [1.165, 1.54) is 0 Å². The minimum Gasteiger partial charge on any atom is -0.349 e. The highest BCUT2D eigenvalue weighted by molar-refractivity contribution is 5.87. The Balaban J connectivity index is 2.50. The number of rotatable bonds is 12. The lowest BCUT2D eigenvalue weighted by Gasteiger charge is -2.19. The van der Waals surface area contributed by atoms with Gasteiger partial charge in [0.15, 0.2) is 5.78 Å². The molecule has 0 heterocycles. The molecule has 0 saturated carbocycles. The molecular formula is C19H29N3O4. The van der Waals surface area contributed by atoms with Gasteiger partial charge in [0, 0.05) is 12.5 Å². The molecule has 0 aromatic heterocycles. The molecule has 144 valence electrons. The fraction of sp³-hybridized carbons (Fsp3) is 0.526. The summed E-state index contributed by atoms with van der Waals surface area (Å²) >= 11 is 0. The minimum absolute atomic E-state index is 0.0909. The molecular weight excluding hydrogens is 334 g/mol. The van der Waals surface area contributed by atoms with Gasteiger partial charge in [0.2, 0.25) is 12.3 Å². The Morgan fingerprint density at radius 1 is 1.31 bits per heavy atom. The van der Waals surface area contributed by atoms with Gasteiger partial charge in [0.05, 0.1) is 19.0 Å². The Labute approximate surface area is 154 Å². The Kier molecular flexibility index (Phi) is 9.54. The maximum Gasteiger partial charge on any atom is 0.233 e. The van der Waals surface area contributed by atoms with E-state index in [1.807, 2.05) is 38.1 Å². The van der Waals surface area contributed by atoms with Crippen molar-refractivity contribution < 1.29 is 19.6 Å². The van der Waals surface area contributed by atoms with E-state index >= 15 is 0 Å². The summed E-state index contributed by atoms with van der Waals surface area (Å²) in [7, 11) is 0. The summed E-state index contributed by atoms with van der Waals surface area (Å²) in [6.07, 6.45) is 2.60. The van der Waals surface area contributed by atoms with Gasteiger partial charge in [-0.15, -0.1) is 0 Å². The number of amides is 2. The van der Waals surface area contributed by atoms with Crippen LogP contribution >= 0.6 is 0 Å². The molecule has 4 N–H and O–H groups in total. The van der Waals surface area contributed by atoms with Crippen LogP contribution in [0, 0.1) is 12.8 Å². The van der Waals surface area contributed by atoms with E-state index in [9.17, 15) is 19.6 Å². The lowest BCUT2D eigenvalue weighted by molar-refractivity contribution is -0.154. The first-order valence-electron chi connectivity index (χ1n) is 8.89.